The fourth-order valence-electron chi connectivity index (χ4n) is 3.04. The summed E-state index contributed by atoms with van der Waals surface area (Å²) in [5.41, 5.74) is 0.128. The van der Waals surface area contributed by atoms with Crippen molar-refractivity contribution >= 4 is 16.9 Å². The molecule has 2 heterocycles. The lowest BCUT2D eigenvalue weighted by Gasteiger charge is -2.22. The lowest BCUT2D eigenvalue weighted by Crippen LogP contribution is -2.36. The summed E-state index contributed by atoms with van der Waals surface area (Å²) in [7, 11) is 3.81. The molecule has 142 valence electrons. The maximum Gasteiger partial charge on any atom is 0.316 e. The number of aromatic amines is 1. The monoisotopic (exact) mass is 370 g/mol. The Hall–Kier alpha value is -3.13. The molecule has 2 aromatic heterocycles. The van der Waals surface area contributed by atoms with Gasteiger partial charge < -0.3 is 19.3 Å². The first-order valence-electron chi connectivity index (χ1n) is 8.67. The first-order chi connectivity index (χ1) is 12.9. The largest absolute Gasteiger partial charge is 0.468 e. The third kappa shape index (κ3) is 3.70. The van der Waals surface area contributed by atoms with Crippen LogP contribution in [0.5, 0.6) is 0 Å². The average Bonchev–Trinajstić information content (AvgIpc) is 3.16. The first-order valence-corrected chi connectivity index (χ1v) is 8.67. The minimum absolute atomic E-state index is 0.102. The first kappa shape index (κ1) is 18.7. The molecule has 1 atom stereocenters. The molecule has 8 heteroatoms. The van der Waals surface area contributed by atoms with Gasteiger partial charge in [-0.25, -0.2) is 0 Å². The summed E-state index contributed by atoms with van der Waals surface area (Å²) < 4.78 is 6.82. The fourth-order valence-corrected chi connectivity index (χ4v) is 3.04. The van der Waals surface area contributed by atoms with E-state index in [0.29, 0.717) is 29.7 Å². The van der Waals surface area contributed by atoms with E-state index in [9.17, 15) is 14.4 Å². The standard InChI is InChI=1S/C19H22N4O4/c1-4-23-14-8-7-12(10-13(14)21-18(25)19(23)26)17(24)20-11-15(22(2)3)16-6-5-9-27-16/h5-10,15H,4,11H2,1-3H3,(H,20,24)(H,21,25). The Kier molecular flexibility index (Phi) is 5.27. The normalized spacial score (nSPS) is 12.4. The lowest BCUT2D eigenvalue weighted by atomic mass is 10.1. The van der Waals surface area contributed by atoms with Gasteiger partial charge in [-0.3, -0.25) is 19.3 Å². The molecule has 2 N–H and O–H groups in total. The number of H-pyrrole nitrogens is 1. The van der Waals surface area contributed by atoms with Crippen molar-refractivity contribution in [1.82, 2.24) is 19.8 Å². The van der Waals surface area contributed by atoms with E-state index in [1.807, 2.05) is 25.1 Å². The van der Waals surface area contributed by atoms with Crippen LogP contribution in [0.1, 0.15) is 29.1 Å². The number of nitrogens with one attached hydrogen (secondary N) is 2. The van der Waals surface area contributed by atoms with Gasteiger partial charge in [0.25, 0.3) is 5.91 Å². The number of nitrogens with zero attached hydrogens (tertiary/aromatic N) is 2. The molecule has 0 fully saturated rings. The van der Waals surface area contributed by atoms with Gasteiger partial charge in [-0.2, -0.15) is 0 Å². The zero-order chi connectivity index (χ0) is 19.6. The van der Waals surface area contributed by atoms with E-state index in [-0.39, 0.29) is 11.9 Å². The summed E-state index contributed by atoms with van der Waals surface area (Å²) in [5.74, 6) is 0.487. The molecule has 0 bridgehead atoms. The maximum atomic E-state index is 12.6. The van der Waals surface area contributed by atoms with E-state index in [0.717, 1.165) is 5.76 Å². The molecule has 0 aliphatic rings. The summed E-state index contributed by atoms with van der Waals surface area (Å²) in [5, 5.41) is 2.89. The van der Waals surface area contributed by atoms with Gasteiger partial charge in [-0.15, -0.1) is 0 Å². The van der Waals surface area contributed by atoms with Gasteiger partial charge >= 0.3 is 11.1 Å². The van der Waals surface area contributed by atoms with Crippen LogP contribution in [0.3, 0.4) is 0 Å². The number of carbonyl (C=O) groups excluding carboxylic acids is 1. The Morgan fingerprint density at radius 3 is 2.70 bits per heavy atom. The second-order valence-corrected chi connectivity index (χ2v) is 6.44. The van der Waals surface area contributed by atoms with E-state index in [1.54, 1.807) is 37.5 Å². The highest BCUT2D eigenvalue weighted by molar-refractivity contribution is 5.97. The van der Waals surface area contributed by atoms with Crippen molar-refractivity contribution in [1.29, 1.82) is 0 Å². The Morgan fingerprint density at radius 1 is 1.30 bits per heavy atom. The van der Waals surface area contributed by atoms with E-state index >= 15 is 0 Å². The van der Waals surface area contributed by atoms with Gasteiger partial charge in [0, 0.05) is 18.7 Å². The second kappa shape index (κ2) is 7.63. The highest BCUT2D eigenvalue weighted by Crippen LogP contribution is 2.18. The zero-order valence-corrected chi connectivity index (χ0v) is 15.5. The number of likely N-dealkylation sites (N-methyl/N-ethyl adjacent to an activating group) is 1. The van der Waals surface area contributed by atoms with Crippen molar-refractivity contribution in [3.63, 3.8) is 0 Å². The Labute approximate surface area is 155 Å². The molecule has 0 saturated heterocycles. The smallest absolute Gasteiger partial charge is 0.316 e. The number of amides is 1. The number of rotatable bonds is 6. The number of aryl methyl sites for hydroxylation is 1. The van der Waals surface area contributed by atoms with E-state index in [4.69, 9.17) is 4.42 Å². The Bertz CT molecular complexity index is 1060. The molecule has 0 spiro atoms. The third-order valence-electron chi connectivity index (χ3n) is 4.50. The summed E-state index contributed by atoms with van der Waals surface area (Å²) in [6.07, 6.45) is 1.60. The van der Waals surface area contributed by atoms with Crippen LogP contribution in [0.15, 0.2) is 50.6 Å². The van der Waals surface area contributed by atoms with Crippen LogP contribution < -0.4 is 16.4 Å². The van der Waals surface area contributed by atoms with Crippen molar-refractivity contribution < 1.29 is 9.21 Å². The molecule has 1 aromatic carbocycles. The molecule has 0 saturated carbocycles. The van der Waals surface area contributed by atoms with Crippen molar-refractivity contribution in [2.45, 2.75) is 19.5 Å². The third-order valence-corrected chi connectivity index (χ3v) is 4.50. The number of hydrogen-bond acceptors (Lipinski definition) is 5. The molecule has 3 aromatic rings. The molecule has 27 heavy (non-hydrogen) atoms. The summed E-state index contributed by atoms with van der Waals surface area (Å²) >= 11 is 0. The van der Waals surface area contributed by atoms with Crippen LogP contribution in [0, 0.1) is 0 Å². The molecule has 0 radical (unpaired) electrons. The number of aromatic nitrogens is 2. The summed E-state index contributed by atoms with van der Waals surface area (Å²) in [6.45, 7) is 2.53. The quantitative estimate of drug-likeness (QED) is 0.638. The average molecular weight is 370 g/mol. The zero-order valence-electron chi connectivity index (χ0n) is 15.5. The van der Waals surface area contributed by atoms with Gasteiger partial charge in [0.05, 0.1) is 23.3 Å². The Balaban J connectivity index is 1.85. The topological polar surface area (TPSA) is 100 Å². The van der Waals surface area contributed by atoms with Crippen LogP contribution >= 0.6 is 0 Å². The Morgan fingerprint density at radius 2 is 2.07 bits per heavy atom. The van der Waals surface area contributed by atoms with E-state index in [1.165, 1.54) is 4.57 Å². The van der Waals surface area contributed by atoms with Crippen molar-refractivity contribution in [3.05, 3.63) is 68.6 Å². The van der Waals surface area contributed by atoms with Crippen LogP contribution in [0.4, 0.5) is 0 Å². The van der Waals surface area contributed by atoms with Gasteiger partial charge in [-0.1, -0.05) is 0 Å². The minimum atomic E-state index is -0.701. The predicted molar refractivity (Wildman–Crippen MR) is 102 cm³/mol. The van der Waals surface area contributed by atoms with Crippen LogP contribution in [0.25, 0.3) is 11.0 Å². The van der Waals surface area contributed by atoms with Crippen molar-refractivity contribution in [2.24, 2.45) is 0 Å². The molecule has 0 aliphatic carbocycles. The molecule has 1 unspecified atom stereocenters. The highest BCUT2D eigenvalue weighted by atomic mass is 16.3. The summed E-state index contributed by atoms with van der Waals surface area (Å²) in [4.78, 5) is 40.8. The van der Waals surface area contributed by atoms with Crippen LogP contribution in [-0.2, 0) is 6.54 Å². The maximum absolute atomic E-state index is 12.6. The molecular weight excluding hydrogens is 348 g/mol. The van der Waals surface area contributed by atoms with Crippen LogP contribution in [-0.4, -0.2) is 41.0 Å². The number of hydrogen-bond donors (Lipinski definition) is 2. The number of carbonyl (C=O) groups is 1. The lowest BCUT2D eigenvalue weighted by molar-refractivity contribution is 0.0939. The molecule has 8 nitrogen and oxygen atoms in total. The minimum Gasteiger partial charge on any atom is -0.468 e. The van der Waals surface area contributed by atoms with E-state index in [2.05, 4.69) is 10.3 Å². The molecule has 1 amide bonds. The van der Waals surface area contributed by atoms with Gasteiger partial charge in [0.2, 0.25) is 0 Å². The number of fused-ring (bicyclic) bond motifs is 1. The van der Waals surface area contributed by atoms with Gasteiger partial charge in [-0.05, 0) is 51.4 Å². The molecule has 3 rings (SSSR count). The SMILES string of the molecule is CCn1c(=O)c(=O)[nH]c2cc(C(=O)NCC(c3ccco3)N(C)C)ccc21. The number of benzene rings is 1. The number of furan rings is 1. The van der Waals surface area contributed by atoms with E-state index < -0.39 is 11.1 Å². The van der Waals surface area contributed by atoms with Crippen molar-refractivity contribution in [3.8, 4) is 0 Å². The summed E-state index contributed by atoms with van der Waals surface area (Å²) in [6, 6.07) is 8.45. The van der Waals surface area contributed by atoms with Crippen LogP contribution in [0.2, 0.25) is 0 Å². The van der Waals surface area contributed by atoms with Gasteiger partial charge in [0.1, 0.15) is 5.76 Å². The predicted octanol–water partition coefficient (Wildman–Crippen LogP) is 1.34. The van der Waals surface area contributed by atoms with Crippen molar-refractivity contribution in [2.75, 3.05) is 20.6 Å². The van der Waals surface area contributed by atoms with Gasteiger partial charge in [0.15, 0.2) is 0 Å². The molecule has 0 aliphatic heterocycles. The fraction of sp³-hybridized carbons (Fsp3) is 0.316. The highest BCUT2D eigenvalue weighted by Gasteiger charge is 2.18. The second-order valence-electron chi connectivity index (χ2n) is 6.44. The molecular formula is C19H22N4O4.